The van der Waals surface area contributed by atoms with E-state index in [0.717, 1.165) is 46.1 Å². The number of amides is 1. The van der Waals surface area contributed by atoms with Gasteiger partial charge in [0.05, 0.1) is 5.75 Å². The number of anilines is 1. The summed E-state index contributed by atoms with van der Waals surface area (Å²) < 4.78 is 2.05. The molecule has 4 aromatic rings. The number of carbonyl (C=O) groups excluding carboxylic acids is 1. The molecule has 1 amide bonds. The van der Waals surface area contributed by atoms with Crippen molar-refractivity contribution in [3.63, 3.8) is 0 Å². The molecule has 2 N–H and O–H groups in total. The number of H-pyrrole nitrogens is 1. The molecule has 6 nitrogen and oxygen atoms in total. The van der Waals surface area contributed by atoms with Gasteiger partial charge in [-0.3, -0.25) is 4.79 Å². The second-order valence-electron chi connectivity index (χ2n) is 6.69. The van der Waals surface area contributed by atoms with E-state index in [1.54, 1.807) is 0 Å². The summed E-state index contributed by atoms with van der Waals surface area (Å²) in [4.78, 5) is 15.6. The van der Waals surface area contributed by atoms with Gasteiger partial charge in [0, 0.05) is 34.9 Å². The molecule has 29 heavy (non-hydrogen) atoms. The van der Waals surface area contributed by atoms with Crippen molar-refractivity contribution in [1.82, 2.24) is 19.7 Å². The number of benzene rings is 2. The van der Waals surface area contributed by atoms with E-state index in [2.05, 4.69) is 40.4 Å². The molecule has 2 aromatic carbocycles. The van der Waals surface area contributed by atoms with Crippen LogP contribution in [-0.4, -0.2) is 31.4 Å². The highest BCUT2D eigenvalue weighted by Gasteiger charge is 2.17. The Labute approximate surface area is 173 Å². The number of aromatic nitrogens is 4. The number of hydrogen-bond donors (Lipinski definition) is 2. The smallest absolute Gasteiger partial charge is 0.234 e. The molecule has 0 saturated heterocycles. The van der Waals surface area contributed by atoms with E-state index in [1.807, 2.05) is 53.2 Å². The Morgan fingerprint density at radius 1 is 1.10 bits per heavy atom. The van der Waals surface area contributed by atoms with Crippen LogP contribution in [0.15, 0.2) is 59.9 Å². The lowest BCUT2D eigenvalue weighted by atomic mass is 10.1. The van der Waals surface area contributed by atoms with Gasteiger partial charge in [0.15, 0.2) is 11.0 Å². The number of aryl methyl sites for hydroxylation is 1. The average Bonchev–Trinajstić information content (AvgIpc) is 3.36. The largest absolute Gasteiger partial charge is 0.360 e. The van der Waals surface area contributed by atoms with Crippen molar-refractivity contribution in [2.45, 2.75) is 32.0 Å². The number of thioether (sulfide) groups is 1. The standard InChI is InChI=1S/C22H23N5OS/c1-3-15-9-11-16(12-10-15)24-20(28)14-29-22-26-25-21(27(22)4-2)18-13-23-19-8-6-5-7-17(18)19/h5-13,23H,3-4,14H2,1-2H3,(H,24,28). The van der Waals surface area contributed by atoms with E-state index in [4.69, 9.17) is 0 Å². The Hall–Kier alpha value is -3.06. The Balaban J connectivity index is 1.47. The Kier molecular flexibility index (Phi) is 5.67. The zero-order valence-corrected chi connectivity index (χ0v) is 17.3. The van der Waals surface area contributed by atoms with Gasteiger partial charge in [-0.15, -0.1) is 10.2 Å². The molecule has 2 aromatic heterocycles. The first-order valence-electron chi connectivity index (χ1n) is 9.70. The van der Waals surface area contributed by atoms with Crippen LogP contribution in [0.3, 0.4) is 0 Å². The molecule has 0 fully saturated rings. The summed E-state index contributed by atoms with van der Waals surface area (Å²) in [6.07, 6.45) is 2.94. The monoisotopic (exact) mass is 405 g/mol. The van der Waals surface area contributed by atoms with Gasteiger partial charge in [-0.2, -0.15) is 0 Å². The van der Waals surface area contributed by atoms with Crippen LogP contribution >= 0.6 is 11.8 Å². The van der Waals surface area contributed by atoms with Crippen molar-refractivity contribution in [3.8, 4) is 11.4 Å². The van der Waals surface area contributed by atoms with Crippen LogP contribution in [-0.2, 0) is 17.8 Å². The van der Waals surface area contributed by atoms with Crippen molar-refractivity contribution in [3.05, 3.63) is 60.3 Å². The molecule has 4 rings (SSSR count). The predicted octanol–water partition coefficient (Wildman–Crippen LogP) is 4.74. The molecular formula is C22H23N5OS. The summed E-state index contributed by atoms with van der Waals surface area (Å²) >= 11 is 1.40. The molecule has 0 unspecified atom stereocenters. The first kappa shape index (κ1) is 19.3. The van der Waals surface area contributed by atoms with E-state index in [-0.39, 0.29) is 11.7 Å². The molecule has 0 aliphatic rings. The maximum Gasteiger partial charge on any atom is 0.234 e. The van der Waals surface area contributed by atoms with Crippen molar-refractivity contribution >= 4 is 34.3 Å². The zero-order chi connectivity index (χ0) is 20.2. The molecule has 2 heterocycles. The Bertz CT molecular complexity index is 1130. The van der Waals surface area contributed by atoms with Gasteiger partial charge >= 0.3 is 0 Å². The molecule has 0 atom stereocenters. The first-order chi connectivity index (χ1) is 14.2. The van der Waals surface area contributed by atoms with Crippen molar-refractivity contribution in [2.24, 2.45) is 0 Å². The highest BCUT2D eigenvalue weighted by molar-refractivity contribution is 7.99. The number of rotatable bonds is 7. The van der Waals surface area contributed by atoms with E-state index in [1.165, 1.54) is 17.3 Å². The number of nitrogens with one attached hydrogen (secondary N) is 2. The fourth-order valence-electron chi connectivity index (χ4n) is 3.29. The molecular weight excluding hydrogens is 382 g/mol. The third-order valence-electron chi connectivity index (χ3n) is 4.84. The topological polar surface area (TPSA) is 75.6 Å². The maximum absolute atomic E-state index is 12.4. The summed E-state index contributed by atoms with van der Waals surface area (Å²) in [7, 11) is 0. The normalized spacial score (nSPS) is 11.1. The van der Waals surface area contributed by atoms with Crippen LogP contribution in [0.1, 0.15) is 19.4 Å². The second-order valence-corrected chi connectivity index (χ2v) is 7.63. The van der Waals surface area contributed by atoms with Gasteiger partial charge < -0.3 is 14.9 Å². The van der Waals surface area contributed by atoms with Crippen LogP contribution in [0, 0.1) is 0 Å². The Morgan fingerprint density at radius 3 is 2.66 bits per heavy atom. The summed E-state index contributed by atoms with van der Waals surface area (Å²) in [6.45, 7) is 4.89. The highest BCUT2D eigenvalue weighted by atomic mass is 32.2. The quantitative estimate of drug-likeness (QED) is 0.436. The van der Waals surface area contributed by atoms with Crippen LogP contribution in [0.2, 0.25) is 0 Å². The maximum atomic E-state index is 12.4. The number of fused-ring (bicyclic) bond motifs is 1. The summed E-state index contributed by atoms with van der Waals surface area (Å²) in [5.41, 5.74) is 4.14. The van der Waals surface area contributed by atoms with E-state index < -0.39 is 0 Å². The van der Waals surface area contributed by atoms with Gasteiger partial charge in [0.25, 0.3) is 0 Å². The van der Waals surface area contributed by atoms with Gasteiger partial charge in [-0.05, 0) is 37.1 Å². The number of aromatic amines is 1. The van der Waals surface area contributed by atoms with Crippen molar-refractivity contribution < 1.29 is 4.79 Å². The van der Waals surface area contributed by atoms with E-state index in [0.29, 0.717) is 0 Å². The molecule has 0 spiro atoms. The number of carbonyl (C=O) groups is 1. The summed E-state index contributed by atoms with van der Waals surface area (Å²) in [6, 6.07) is 16.1. The number of hydrogen-bond acceptors (Lipinski definition) is 4. The third-order valence-corrected chi connectivity index (χ3v) is 5.81. The molecule has 0 radical (unpaired) electrons. The van der Waals surface area contributed by atoms with Crippen molar-refractivity contribution in [2.75, 3.05) is 11.1 Å². The minimum atomic E-state index is -0.0569. The fourth-order valence-corrected chi connectivity index (χ4v) is 4.09. The van der Waals surface area contributed by atoms with Gasteiger partial charge in [-0.25, -0.2) is 0 Å². The lowest BCUT2D eigenvalue weighted by Crippen LogP contribution is -2.14. The third kappa shape index (κ3) is 4.05. The predicted molar refractivity (Wildman–Crippen MR) is 118 cm³/mol. The molecule has 0 bridgehead atoms. The fraction of sp³-hybridized carbons (Fsp3) is 0.227. The number of nitrogens with zero attached hydrogens (tertiary/aromatic N) is 3. The minimum absolute atomic E-state index is 0.0569. The molecule has 148 valence electrons. The molecule has 0 aliphatic carbocycles. The Morgan fingerprint density at radius 2 is 1.90 bits per heavy atom. The highest BCUT2D eigenvalue weighted by Crippen LogP contribution is 2.29. The van der Waals surface area contributed by atoms with Gasteiger partial charge in [0.2, 0.25) is 5.91 Å². The van der Waals surface area contributed by atoms with Crippen LogP contribution in [0.25, 0.3) is 22.3 Å². The number of para-hydroxylation sites is 1. The first-order valence-corrected chi connectivity index (χ1v) is 10.7. The van der Waals surface area contributed by atoms with Crippen LogP contribution < -0.4 is 5.32 Å². The van der Waals surface area contributed by atoms with Crippen molar-refractivity contribution in [1.29, 1.82) is 0 Å². The molecule has 7 heteroatoms. The summed E-state index contributed by atoms with van der Waals surface area (Å²) in [5.74, 6) is 1.03. The molecule has 0 aliphatic heterocycles. The summed E-state index contributed by atoms with van der Waals surface area (Å²) in [5, 5.41) is 13.5. The minimum Gasteiger partial charge on any atom is -0.360 e. The second kappa shape index (κ2) is 8.53. The van der Waals surface area contributed by atoms with Gasteiger partial charge in [-0.1, -0.05) is 49.0 Å². The zero-order valence-electron chi connectivity index (χ0n) is 16.5. The average molecular weight is 406 g/mol. The van der Waals surface area contributed by atoms with Crippen LogP contribution in [0.4, 0.5) is 5.69 Å². The van der Waals surface area contributed by atoms with Crippen LogP contribution in [0.5, 0.6) is 0 Å². The lowest BCUT2D eigenvalue weighted by molar-refractivity contribution is -0.113. The SMILES string of the molecule is CCc1ccc(NC(=O)CSc2nnc(-c3c[nH]c4ccccc34)n2CC)cc1. The van der Waals surface area contributed by atoms with Gasteiger partial charge in [0.1, 0.15) is 0 Å². The van der Waals surface area contributed by atoms with E-state index in [9.17, 15) is 4.79 Å². The van der Waals surface area contributed by atoms with E-state index >= 15 is 0 Å². The lowest BCUT2D eigenvalue weighted by Gasteiger charge is -2.08. The molecule has 0 saturated carbocycles.